The molecule has 2 heterocycles. The van der Waals surface area contributed by atoms with E-state index < -0.39 is 0 Å². The van der Waals surface area contributed by atoms with Crippen LogP contribution in [0.3, 0.4) is 0 Å². The Morgan fingerprint density at radius 1 is 1.69 bits per heavy atom. The lowest BCUT2D eigenvalue weighted by atomic mass is 10.1. The molecule has 0 radical (unpaired) electrons. The highest BCUT2D eigenvalue weighted by Crippen LogP contribution is 2.36. The van der Waals surface area contributed by atoms with E-state index in [0.29, 0.717) is 6.54 Å². The SMILES string of the molecule is Cc1cc([C@@H]2CCC[N@@+]2(C)[O-])on1. The molecule has 1 aliphatic rings. The summed E-state index contributed by atoms with van der Waals surface area (Å²) >= 11 is 0. The number of likely N-dealkylation sites (tertiary alicyclic amines) is 1. The largest absolute Gasteiger partial charge is 0.632 e. The lowest BCUT2D eigenvalue weighted by Crippen LogP contribution is -2.36. The van der Waals surface area contributed by atoms with Crippen molar-refractivity contribution in [3.05, 3.63) is 22.7 Å². The Morgan fingerprint density at radius 2 is 2.46 bits per heavy atom. The molecule has 0 amide bonds. The summed E-state index contributed by atoms with van der Waals surface area (Å²) in [5.41, 5.74) is 0.849. The normalized spacial score (nSPS) is 33.9. The average Bonchev–Trinajstić information content (AvgIpc) is 2.56. The van der Waals surface area contributed by atoms with Crippen molar-refractivity contribution in [2.24, 2.45) is 0 Å². The molecule has 0 aromatic carbocycles. The molecule has 4 nitrogen and oxygen atoms in total. The molecule has 2 atom stereocenters. The van der Waals surface area contributed by atoms with Gasteiger partial charge in [0.15, 0.2) is 11.8 Å². The monoisotopic (exact) mass is 182 g/mol. The second kappa shape index (κ2) is 2.82. The molecule has 13 heavy (non-hydrogen) atoms. The van der Waals surface area contributed by atoms with Crippen LogP contribution in [-0.4, -0.2) is 23.4 Å². The van der Waals surface area contributed by atoms with Crippen molar-refractivity contribution >= 4 is 0 Å². The molecule has 0 bridgehead atoms. The molecule has 0 spiro atoms. The van der Waals surface area contributed by atoms with Crippen LogP contribution in [-0.2, 0) is 0 Å². The van der Waals surface area contributed by atoms with E-state index in [1.54, 1.807) is 7.05 Å². The topological polar surface area (TPSA) is 49.1 Å². The molecule has 72 valence electrons. The summed E-state index contributed by atoms with van der Waals surface area (Å²) in [7, 11) is 1.70. The van der Waals surface area contributed by atoms with Crippen molar-refractivity contribution in [1.82, 2.24) is 5.16 Å². The van der Waals surface area contributed by atoms with Crippen LogP contribution in [0, 0.1) is 12.1 Å². The van der Waals surface area contributed by atoms with Gasteiger partial charge in [-0.1, -0.05) is 5.16 Å². The van der Waals surface area contributed by atoms with Crippen molar-refractivity contribution in [1.29, 1.82) is 0 Å². The van der Waals surface area contributed by atoms with Crippen LogP contribution in [0.4, 0.5) is 0 Å². The third-order valence-electron chi connectivity index (χ3n) is 2.71. The minimum atomic E-state index is -0.214. The first-order chi connectivity index (χ1) is 6.09. The van der Waals surface area contributed by atoms with E-state index in [0.717, 1.165) is 24.3 Å². The Kier molecular flexibility index (Phi) is 1.89. The number of quaternary nitrogens is 1. The van der Waals surface area contributed by atoms with Gasteiger partial charge in [-0.15, -0.1) is 0 Å². The molecule has 1 aromatic rings. The second-order valence-corrected chi connectivity index (χ2v) is 3.93. The standard InChI is InChI=1S/C9H14N2O2/c1-7-6-9(13-10-7)8-4-3-5-11(8,2)12/h6,8H,3-5H2,1-2H3/t8-,11+/m0/s1. The van der Waals surface area contributed by atoms with E-state index in [9.17, 15) is 5.21 Å². The van der Waals surface area contributed by atoms with Crippen LogP contribution in [0.5, 0.6) is 0 Å². The first-order valence-corrected chi connectivity index (χ1v) is 4.59. The third-order valence-corrected chi connectivity index (χ3v) is 2.71. The molecule has 4 heteroatoms. The number of hydroxylamine groups is 3. The molecule has 1 aliphatic heterocycles. The summed E-state index contributed by atoms with van der Waals surface area (Å²) in [5.74, 6) is 0.743. The molecular weight excluding hydrogens is 168 g/mol. The van der Waals surface area contributed by atoms with Crippen LogP contribution < -0.4 is 0 Å². The molecule has 2 rings (SSSR count). The van der Waals surface area contributed by atoms with Crippen LogP contribution in [0.2, 0.25) is 0 Å². The van der Waals surface area contributed by atoms with Gasteiger partial charge in [0, 0.05) is 18.9 Å². The Labute approximate surface area is 77.3 Å². The summed E-state index contributed by atoms with van der Waals surface area (Å²) in [6.07, 6.45) is 1.89. The summed E-state index contributed by atoms with van der Waals surface area (Å²) in [6.45, 7) is 2.56. The molecule has 0 unspecified atom stereocenters. The van der Waals surface area contributed by atoms with E-state index in [4.69, 9.17) is 4.52 Å². The van der Waals surface area contributed by atoms with E-state index in [1.807, 2.05) is 13.0 Å². The fourth-order valence-corrected chi connectivity index (χ4v) is 1.98. The van der Waals surface area contributed by atoms with E-state index in [1.165, 1.54) is 0 Å². The van der Waals surface area contributed by atoms with Gasteiger partial charge in [-0.2, -0.15) is 0 Å². The number of nitrogens with zero attached hydrogens (tertiary/aromatic N) is 2. The van der Waals surface area contributed by atoms with E-state index in [2.05, 4.69) is 5.16 Å². The van der Waals surface area contributed by atoms with Crippen LogP contribution >= 0.6 is 0 Å². The zero-order chi connectivity index (χ0) is 9.47. The second-order valence-electron chi connectivity index (χ2n) is 3.93. The van der Waals surface area contributed by atoms with Gasteiger partial charge in [0.25, 0.3) is 0 Å². The maximum absolute atomic E-state index is 11.9. The number of aromatic nitrogens is 1. The zero-order valence-electron chi connectivity index (χ0n) is 7.99. The highest BCUT2D eigenvalue weighted by atomic mass is 16.6. The van der Waals surface area contributed by atoms with Crippen molar-refractivity contribution < 1.29 is 9.17 Å². The van der Waals surface area contributed by atoms with Gasteiger partial charge in [-0.3, -0.25) is 0 Å². The maximum atomic E-state index is 11.9. The summed E-state index contributed by atoms with van der Waals surface area (Å²) in [6, 6.07) is 1.82. The lowest BCUT2D eigenvalue weighted by molar-refractivity contribution is -0.880. The number of hydrogen-bond donors (Lipinski definition) is 0. The summed E-state index contributed by atoms with van der Waals surface area (Å²) in [5, 5.41) is 15.7. The smallest absolute Gasteiger partial charge is 0.194 e. The molecule has 0 saturated carbocycles. The predicted molar refractivity (Wildman–Crippen MR) is 47.6 cm³/mol. The van der Waals surface area contributed by atoms with E-state index in [-0.39, 0.29) is 10.7 Å². The van der Waals surface area contributed by atoms with Gasteiger partial charge >= 0.3 is 0 Å². The molecule has 0 aliphatic carbocycles. The van der Waals surface area contributed by atoms with Gasteiger partial charge in [0.05, 0.1) is 19.3 Å². The average molecular weight is 182 g/mol. The van der Waals surface area contributed by atoms with Gasteiger partial charge < -0.3 is 14.4 Å². The predicted octanol–water partition coefficient (Wildman–Crippen LogP) is 1.76. The number of rotatable bonds is 1. The first-order valence-electron chi connectivity index (χ1n) is 4.59. The Bertz CT molecular complexity index is 306. The highest BCUT2D eigenvalue weighted by Gasteiger charge is 2.35. The Morgan fingerprint density at radius 3 is 2.92 bits per heavy atom. The zero-order valence-corrected chi connectivity index (χ0v) is 7.99. The van der Waals surface area contributed by atoms with Crippen molar-refractivity contribution in [2.75, 3.05) is 13.6 Å². The molecule has 1 fully saturated rings. The lowest BCUT2D eigenvalue weighted by Gasteiger charge is -2.38. The quantitative estimate of drug-likeness (QED) is 0.491. The fraction of sp³-hybridized carbons (Fsp3) is 0.667. The van der Waals surface area contributed by atoms with Crippen molar-refractivity contribution in [3.63, 3.8) is 0 Å². The Hall–Kier alpha value is -0.870. The number of hydrogen-bond acceptors (Lipinski definition) is 3. The van der Waals surface area contributed by atoms with Gasteiger partial charge in [0.2, 0.25) is 0 Å². The molecule has 0 N–H and O–H groups in total. The van der Waals surface area contributed by atoms with Crippen LogP contribution in [0.15, 0.2) is 10.6 Å². The highest BCUT2D eigenvalue weighted by molar-refractivity contribution is 5.07. The summed E-state index contributed by atoms with van der Waals surface area (Å²) in [4.78, 5) is 0. The van der Waals surface area contributed by atoms with E-state index >= 15 is 0 Å². The third kappa shape index (κ3) is 1.47. The van der Waals surface area contributed by atoms with Crippen LogP contribution in [0.25, 0.3) is 0 Å². The molecule has 1 saturated heterocycles. The van der Waals surface area contributed by atoms with Gasteiger partial charge in [-0.25, -0.2) is 0 Å². The number of aryl methyl sites for hydroxylation is 1. The minimum absolute atomic E-state index is 0.0406. The summed E-state index contributed by atoms with van der Waals surface area (Å²) < 4.78 is 4.90. The van der Waals surface area contributed by atoms with Crippen molar-refractivity contribution in [3.8, 4) is 0 Å². The van der Waals surface area contributed by atoms with Gasteiger partial charge in [-0.05, 0) is 6.92 Å². The van der Waals surface area contributed by atoms with Crippen LogP contribution in [0.1, 0.15) is 30.3 Å². The van der Waals surface area contributed by atoms with Crippen molar-refractivity contribution in [2.45, 2.75) is 25.8 Å². The fourth-order valence-electron chi connectivity index (χ4n) is 1.98. The minimum Gasteiger partial charge on any atom is -0.632 e. The molecular formula is C9H14N2O2. The maximum Gasteiger partial charge on any atom is 0.194 e. The van der Waals surface area contributed by atoms with Gasteiger partial charge in [0.1, 0.15) is 0 Å². The molecule has 1 aromatic heterocycles. The Balaban J connectivity index is 2.26. The first kappa shape index (κ1) is 8.72.